The molecule has 0 aromatic carbocycles. The van der Waals surface area contributed by atoms with Crippen molar-refractivity contribution in [2.24, 2.45) is 0 Å². The van der Waals surface area contributed by atoms with Crippen LogP contribution in [0.4, 0.5) is 8.78 Å². The van der Waals surface area contributed by atoms with Crippen LogP contribution in [0.5, 0.6) is 0 Å². The van der Waals surface area contributed by atoms with E-state index in [1.165, 1.54) is 0 Å². The van der Waals surface area contributed by atoms with Crippen LogP contribution in [0.3, 0.4) is 0 Å². The van der Waals surface area contributed by atoms with Crippen LogP contribution in [0.2, 0.25) is 0 Å². The summed E-state index contributed by atoms with van der Waals surface area (Å²) in [6, 6.07) is 0. The van der Waals surface area contributed by atoms with Crippen molar-refractivity contribution >= 4 is 0 Å². The lowest BCUT2D eigenvalue weighted by Crippen LogP contribution is -2.54. The molecule has 72 valence electrons. The molecule has 1 saturated heterocycles. The SMILES string of the molecule is CNC1(C(F)F)CCOC(C)C1. The largest absolute Gasteiger partial charge is 0.378 e. The van der Waals surface area contributed by atoms with Crippen LogP contribution >= 0.6 is 0 Å². The number of nitrogens with one attached hydrogen (secondary N) is 1. The van der Waals surface area contributed by atoms with E-state index in [0.29, 0.717) is 19.4 Å². The zero-order valence-corrected chi connectivity index (χ0v) is 7.44. The van der Waals surface area contributed by atoms with Gasteiger partial charge in [-0.05, 0) is 26.8 Å². The maximum atomic E-state index is 12.6. The molecule has 2 atom stereocenters. The summed E-state index contributed by atoms with van der Waals surface area (Å²) in [6.07, 6.45) is -1.60. The first-order valence-corrected chi connectivity index (χ1v) is 4.19. The van der Waals surface area contributed by atoms with Gasteiger partial charge in [0, 0.05) is 6.61 Å². The third-order valence-electron chi connectivity index (χ3n) is 2.52. The molecule has 1 aliphatic heterocycles. The first-order chi connectivity index (χ1) is 5.60. The average Bonchev–Trinajstić information content (AvgIpc) is 2.04. The lowest BCUT2D eigenvalue weighted by Gasteiger charge is -2.39. The molecule has 1 N–H and O–H groups in total. The Morgan fingerprint density at radius 1 is 1.58 bits per heavy atom. The second-order valence-corrected chi connectivity index (χ2v) is 3.34. The molecule has 0 aromatic heterocycles. The summed E-state index contributed by atoms with van der Waals surface area (Å²) in [5, 5.41) is 2.72. The summed E-state index contributed by atoms with van der Waals surface area (Å²) >= 11 is 0. The van der Waals surface area contributed by atoms with Crippen LogP contribution in [0.15, 0.2) is 0 Å². The van der Waals surface area contributed by atoms with Gasteiger partial charge in [0.1, 0.15) is 0 Å². The molecule has 1 rings (SSSR count). The minimum Gasteiger partial charge on any atom is -0.378 e. The van der Waals surface area contributed by atoms with Crippen LogP contribution in [-0.4, -0.2) is 31.7 Å². The van der Waals surface area contributed by atoms with Gasteiger partial charge in [0.2, 0.25) is 0 Å². The van der Waals surface area contributed by atoms with Crippen LogP contribution in [0, 0.1) is 0 Å². The number of alkyl halides is 2. The van der Waals surface area contributed by atoms with Gasteiger partial charge in [0.15, 0.2) is 0 Å². The summed E-state index contributed by atoms with van der Waals surface area (Å²) in [4.78, 5) is 0. The van der Waals surface area contributed by atoms with Crippen molar-refractivity contribution < 1.29 is 13.5 Å². The molecule has 0 radical (unpaired) electrons. The van der Waals surface area contributed by atoms with E-state index in [-0.39, 0.29) is 6.10 Å². The van der Waals surface area contributed by atoms with Gasteiger partial charge in [0.25, 0.3) is 6.43 Å². The van der Waals surface area contributed by atoms with Gasteiger partial charge in [-0.2, -0.15) is 0 Å². The van der Waals surface area contributed by atoms with Crippen molar-refractivity contribution in [3.8, 4) is 0 Å². The Kier molecular flexibility index (Phi) is 3.01. The number of hydrogen-bond donors (Lipinski definition) is 1. The molecule has 1 heterocycles. The van der Waals surface area contributed by atoms with Gasteiger partial charge in [0.05, 0.1) is 11.6 Å². The monoisotopic (exact) mass is 179 g/mol. The number of rotatable bonds is 2. The molecule has 0 aliphatic carbocycles. The normalized spacial score (nSPS) is 37.2. The fourth-order valence-corrected chi connectivity index (χ4v) is 1.65. The maximum Gasteiger partial charge on any atom is 0.256 e. The Labute approximate surface area is 71.3 Å². The quantitative estimate of drug-likeness (QED) is 0.692. The first kappa shape index (κ1) is 9.86. The van der Waals surface area contributed by atoms with Crippen molar-refractivity contribution in [1.29, 1.82) is 0 Å². The third-order valence-corrected chi connectivity index (χ3v) is 2.52. The highest BCUT2D eigenvalue weighted by molar-refractivity contribution is 4.93. The van der Waals surface area contributed by atoms with Crippen molar-refractivity contribution in [1.82, 2.24) is 5.32 Å². The molecule has 1 fully saturated rings. The minimum absolute atomic E-state index is 0.0693. The molecule has 0 saturated carbocycles. The zero-order chi connectivity index (χ0) is 9.19. The van der Waals surface area contributed by atoms with E-state index in [9.17, 15) is 8.78 Å². The highest BCUT2D eigenvalue weighted by atomic mass is 19.3. The van der Waals surface area contributed by atoms with E-state index in [0.717, 1.165) is 0 Å². The summed E-state index contributed by atoms with van der Waals surface area (Å²) in [5.41, 5.74) is -1.02. The van der Waals surface area contributed by atoms with Crippen molar-refractivity contribution in [2.75, 3.05) is 13.7 Å². The first-order valence-electron chi connectivity index (χ1n) is 4.19. The van der Waals surface area contributed by atoms with Crippen LogP contribution in [0.1, 0.15) is 19.8 Å². The minimum atomic E-state index is -2.31. The molecular weight excluding hydrogens is 164 g/mol. The number of ether oxygens (including phenoxy) is 1. The predicted molar refractivity (Wildman–Crippen MR) is 42.4 cm³/mol. The molecule has 12 heavy (non-hydrogen) atoms. The molecule has 2 nitrogen and oxygen atoms in total. The Morgan fingerprint density at radius 3 is 2.58 bits per heavy atom. The van der Waals surface area contributed by atoms with Crippen LogP contribution in [-0.2, 0) is 4.74 Å². The second-order valence-electron chi connectivity index (χ2n) is 3.34. The van der Waals surface area contributed by atoms with E-state index < -0.39 is 12.0 Å². The summed E-state index contributed by atoms with van der Waals surface area (Å²) in [6.45, 7) is 2.25. The van der Waals surface area contributed by atoms with E-state index >= 15 is 0 Å². The van der Waals surface area contributed by atoms with Gasteiger partial charge in [-0.15, -0.1) is 0 Å². The lowest BCUT2D eigenvalue weighted by molar-refractivity contribution is -0.0747. The van der Waals surface area contributed by atoms with Gasteiger partial charge in [-0.3, -0.25) is 0 Å². The van der Waals surface area contributed by atoms with E-state index in [2.05, 4.69) is 5.32 Å². The second kappa shape index (κ2) is 3.66. The number of hydrogen-bond acceptors (Lipinski definition) is 2. The smallest absolute Gasteiger partial charge is 0.256 e. The van der Waals surface area contributed by atoms with Crippen molar-refractivity contribution in [3.63, 3.8) is 0 Å². The summed E-state index contributed by atoms with van der Waals surface area (Å²) < 4.78 is 30.5. The van der Waals surface area contributed by atoms with Gasteiger partial charge in [-0.25, -0.2) is 8.78 Å². The molecule has 0 amide bonds. The highest BCUT2D eigenvalue weighted by Crippen LogP contribution is 2.30. The summed E-state index contributed by atoms with van der Waals surface area (Å²) in [7, 11) is 1.59. The maximum absolute atomic E-state index is 12.6. The van der Waals surface area contributed by atoms with Crippen LogP contribution in [0.25, 0.3) is 0 Å². The lowest BCUT2D eigenvalue weighted by atomic mass is 9.87. The standard InChI is InChI=1S/C8H15F2NO/c1-6-5-8(11-2,7(9)10)3-4-12-6/h6-7,11H,3-5H2,1-2H3. The van der Waals surface area contributed by atoms with E-state index in [4.69, 9.17) is 4.74 Å². The third kappa shape index (κ3) is 1.75. The molecule has 4 heteroatoms. The van der Waals surface area contributed by atoms with Gasteiger partial charge < -0.3 is 10.1 Å². The van der Waals surface area contributed by atoms with E-state index in [1.807, 2.05) is 6.92 Å². The zero-order valence-electron chi connectivity index (χ0n) is 7.44. The Balaban J connectivity index is 2.64. The molecular formula is C8H15F2NO. The Hall–Kier alpha value is -0.220. The van der Waals surface area contributed by atoms with Crippen molar-refractivity contribution in [2.45, 2.75) is 37.8 Å². The van der Waals surface area contributed by atoms with Crippen molar-refractivity contribution in [3.05, 3.63) is 0 Å². The highest BCUT2D eigenvalue weighted by Gasteiger charge is 2.42. The molecule has 2 unspecified atom stereocenters. The molecule has 0 spiro atoms. The Morgan fingerprint density at radius 2 is 2.25 bits per heavy atom. The Bertz CT molecular complexity index is 154. The fourth-order valence-electron chi connectivity index (χ4n) is 1.65. The van der Waals surface area contributed by atoms with Gasteiger partial charge >= 0.3 is 0 Å². The molecule has 1 aliphatic rings. The summed E-state index contributed by atoms with van der Waals surface area (Å²) in [5.74, 6) is 0. The fraction of sp³-hybridized carbons (Fsp3) is 1.00. The molecule has 0 aromatic rings. The predicted octanol–water partition coefficient (Wildman–Crippen LogP) is 1.41. The molecule has 0 bridgehead atoms. The average molecular weight is 179 g/mol. The van der Waals surface area contributed by atoms with Gasteiger partial charge in [-0.1, -0.05) is 0 Å². The van der Waals surface area contributed by atoms with Crippen LogP contribution < -0.4 is 5.32 Å². The number of halogens is 2. The topological polar surface area (TPSA) is 21.3 Å². The van der Waals surface area contributed by atoms with E-state index in [1.54, 1.807) is 7.05 Å².